The van der Waals surface area contributed by atoms with Gasteiger partial charge in [-0.1, -0.05) is 6.92 Å². The molecule has 1 aliphatic heterocycles. The summed E-state index contributed by atoms with van der Waals surface area (Å²) in [7, 11) is 1.66. The summed E-state index contributed by atoms with van der Waals surface area (Å²) in [5, 5.41) is 13.2. The molecule has 1 atom stereocenters. The van der Waals surface area contributed by atoms with Gasteiger partial charge in [0.2, 0.25) is 0 Å². The van der Waals surface area contributed by atoms with Crippen molar-refractivity contribution in [2.24, 2.45) is 5.92 Å². The maximum atomic E-state index is 12.0. The van der Waals surface area contributed by atoms with E-state index in [1.54, 1.807) is 7.11 Å². The number of nitrogens with one attached hydrogen (secondary N) is 3. The molecule has 1 aliphatic rings. The number of carbonyl (C=O) groups excluding carboxylic acids is 1. The molecule has 1 unspecified atom stereocenters. The Morgan fingerprint density at radius 2 is 2.37 bits per heavy atom. The minimum absolute atomic E-state index is 0. The highest BCUT2D eigenvalue weighted by atomic mass is 35.5. The van der Waals surface area contributed by atoms with Gasteiger partial charge in [0.15, 0.2) is 5.69 Å². The van der Waals surface area contributed by atoms with E-state index in [0.717, 1.165) is 24.2 Å². The van der Waals surface area contributed by atoms with E-state index in [-0.39, 0.29) is 18.3 Å². The molecule has 7 heteroatoms. The highest BCUT2D eigenvalue weighted by Crippen LogP contribution is 2.15. The SMILES string of the molecule is COCC(C)CNC(=O)c1n[nH]c2c1CNCC2.Cl. The third-order valence-electron chi connectivity index (χ3n) is 3.08. The van der Waals surface area contributed by atoms with E-state index in [0.29, 0.717) is 31.3 Å². The summed E-state index contributed by atoms with van der Waals surface area (Å²) in [6.07, 6.45) is 0.899. The summed E-state index contributed by atoms with van der Waals surface area (Å²) in [5.41, 5.74) is 2.59. The minimum atomic E-state index is -0.112. The monoisotopic (exact) mass is 288 g/mol. The van der Waals surface area contributed by atoms with Crippen LogP contribution < -0.4 is 10.6 Å². The number of fused-ring (bicyclic) bond motifs is 1. The van der Waals surface area contributed by atoms with E-state index in [2.05, 4.69) is 20.8 Å². The smallest absolute Gasteiger partial charge is 0.272 e. The third kappa shape index (κ3) is 3.92. The molecule has 0 aromatic carbocycles. The first kappa shape index (κ1) is 15.9. The zero-order chi connectivity index (χ0) is 13.0. The molecule has 0 saturated heterocycles. The lowest BCUT2D eigenvalue weighted by atomic mass is 10.1. The molecular weight excluding hydrogens is 268 g/mol. The van der Waals surface area contributed by atoms with Gasteiger partial charge in [-0.25, -0.2) is 0 Å². The number of halogens is 1. The number of aromatic amines is 1. The number of methoxy groups -OCH3 is 1. The number of nitrogens with zero attached hydrogens (tertiary/aromatic N) is 1. The fourth-order valence-corrected chi connectivity index (χ4v) is 2.11. The van der Waals surface area contributed by atoms with Crippen LogP contribution in [0.15, 0.2) is 0 Å². The first-order valence-electron chi connectivity index (χ1n) is 6.26. The summed E-state index contributed by atoms with van der Waals surface area (Å²) < 4.78 is 5.03. The van der Waals surface area contributed by atoms with Gasteiger partial charge in [-0.15, -0.1) is 12.4 Å². The number of rotatable bonds is 5. The molecule has 0 spiro atoms. The molecule has 1 amide bonds. The molecule has 0 radical (unpaired) electrons. The number of amides is 1. The molecule has 2 heterocycles. The standard InChI is InChI=1S/C12H20N4O2.ClH/c1-8(7-18-2)5-14-12(17)11-9-6-13-4-3-10(9)15-16-11;/h8,13H,3-7H2,1-2H3,(H,14,17)(H,15,16);1H. The molecule has 3 N–H and O–H groups in total. The van der Waals surface area contributed by atoms with Gasteiger partial charge in [0.05, 0.1) is 6.61 Å². The summed E-state index contributed by atoms with van der Waals surface area (Å²) in [5.74, 6) is 0.186. The number of H-pyrrole nitrogens is 1. The van der Waals surface area contributed by atoms with Crippen LogP contribution in [0.5, 0.6) is 0 Å². The summed E-state index contributed by atoms with van der Waals surface area (Å²) in [6.45, 7) is 4.91. The van der Waals surface area contributed by atoms with Crippen LogP contribution in [-0.4, -0.2) is 42.9 Å². The third-order valence-corrected chi connectivity index (χ3v) is 3.08. The lowest BCUT2D eigenvalue weighted by molar-refractivity contribution is 0.0928. The van der Waals surface area contributed by atoms with Gasteiger partial charge < -0.3 is 15.4 Å². The van der Waals surface area contributed by atoms with E-state index >= 15 is 0 Å². The molecule has 1 aromatic heterocycles. The van der Waals surface area contributed by atoms with Crippen LogP contribution in [-0.2, 0) is 17.7 Å². The normalized spacial score (nSPS) is 15.3. The minimum Gasteiger partial charge on any atom is -0.384 e. The lowest BCUT2D eigenvalue weighted by Gasteiger charge is -2.14. The molecule has 19 heavy (non-hydrogen) atoms. The van der Waals surface area contributed by atoms with Gasteiger partial charge in [0.25, 0.3) is 5.91 Å². The van der Waals surface area contributed by atoms with Gasteiger partial charge in [0, 0.05) is 44.4 Å². The second-order valence-corrected chi connectivity index (χ2v) is 4.73. The topological polar surface area (TPSA) is 79.0 Å². The van der Waals surface area contributed by atoms with E-state index in [1.807, 2.05) is 6.92 Å². The molecule has 6 nitrogen and oxygen atoms in total. The number of hydrogen-bond donors (Lipinski definition) is 3. The lowest BCUT2D eigenvalue weighted by Crippen LogP contribution is -2.32. The summed E-state index contributed by atoms with van der Waals surface area (Å²) >= 11 is 0. The van der Waals surface area contributed by atoms with Crippen molar-refractivity contribution in [1.29, 1.82) is 0 Å². The average molecular weight is 289 g/mol. The van der Waals surface area contributed by atoms with Crippen molar-refractivity contribution in [1.82, 2.24) is 20.8 Å². The van der Waals surface area contributed by atoms with Gasteiger partial charge in [-0.05, 0) is 5.92 Å². The Kier molecular flexibility index (Phi) is 6.27. The Morgan fingerprint density at radius 1 is 1.58 bits per heavy atom. The van der Waals surface area contributed by atoms with Crippen LogP contribution in [0.25, 0.3) is 0 Å². The maximum absolute atomic E-state index is 12.0. The number of ether oxygens (including phenoxy) is 1. The number of carbonyl (C=O) groups is 1. The average Bonchev–Trinajstić information content (AvgIpc) is 2.80. The zero-order valence-corrected chi connectivity index (χ0v) is 12.1. The van der Waals surface area contributed by atoms with E-state index in [1.165, 1.54) is 0 Å². The first-order chi connectivity index (χ1) is 8.72. The van der Waals surface area contributed by atoms with Crippen LogP contribution in [0.3, 0.4) is 0 Å². The Labute approximate surface area is 119 Å². The Morgan fingerprint density at radius 3 is 3.11 bits per heavy atom. The molecule has 0 fully saturated rings. The van der Waals surface area contributed by atoms with Gasteiger partial charge in [-0.2, -0.15) is 5.10 Å². The second kappa shape index (κ2) is 7.47. The van der Waals surface area contributed by atoms with Crippen molar-refractivity contribution >= 4 is 18.3 Å². The molecule has 1 aromatic rings. The van der Waals surface area contributed by atoms with Crippen molar-refractivity contribution < 1.29 is 9.53 Å². The van der Waals surface area contributed by atoms with E-state index in [9.17, 15) is 4.79 Å². The largest absolute Gasteiger partial charge is 0.384 e. The predicted octanol–water partition coefficient (Wildman–Crippen LogP) is 0.489. The second-order valence-electron chi connectivity index (χ2n) is 4.73. The van der Waals surface area contributed by atoms with Crippen LogP contribution in [0.1, 0.15) is 28.7 Å². The quantitative estimate of drug-likeness (QED) is 0.737. The van der Waals surface area contributed by atoms with Crippen molar-refractivity contribution in [3.63, 3.8) is 0 Å². The fourth-order valence-electron chi connectivity index (χ4n) is 2.11. The van der Waals surface area contributed by atoms with Crippen molar-refractivity contribution in [3.05, 3.63) is 17.0 Å². The predicted molar refractivity (Wildman–Crippen MR) is 74.6 cm³/mol. The highest BCUT2D eigenvalue weighted by molar-refractivity contribution is 5.94. The molecule has 108 valence electrons. The van der Waals surface area contributed by atoms with Gasteiger partial charge in [-0.3, -0.25) is 9.89 Å². The Balaban J connectivity index is 0.00000180. The van der Waals surface area contributed by atoms with Gasteiger partial charge >= 0.3 is 0 Å². The number of hydrogen-bond acceptors (Lipinski definition) is 4. The van der Waals surface area contributed by atoms with Gasteiger partial charge in [0.1, 0.15) is 0 Å². The molecule has 2 rings (SSSR count). The highest BCUT2D eigenvalue weighted by Gasteiger charge is 2.21. The zero-order valence-electron chi connectivity index (χ0n) is 11.3. The summed E-state index contributed by atoms with van der Waals surface area (Å²) in [4.78, 5) is 12.0. The van der Waals surface area contributed by atoms with Crippen LogP contribution in [0.4, 0.5) is 0 Å². The first-order valence-corrected chi connectivity index (χ1v) is 6.26. The van der Waals surface area contributed by atoms with E-state index in [4.69, 9.17) is 4.74 Å². The van der Waals surface area contributed by atoms with Crippen LogP contribution in [0, 0.1) is 5.92 Å². The van der Waals surface area contributed by atoms with Crippen molar-refractivity contribution in [2.45, 2.75) is 19.9 Å². The molecule has 0 aliphatic carbocycles. The molecular formula is C12H21ClN4O2. The molecule has 0 saturated carbocycles. The van der Waals surface area contributed by atoms with Crippen molar-refractivity contribution in [3.8, 4) is 0 Å². The van der Waals surface area contributed by atoms with Crippen LogP contribution in [0.2, 0.25) is 0 Å². The summed E-state index contributed by atoms with van der Waals surface area (Å²) in [6, 6.07) is 0. The fraction of sp³-hybridized carbons (Fsp3) is 0.667. The Bertz CT molecular complexity index is 422. The molecule has 0 bridgehead atoms. The van der Waals surface area contributed by atoms with Crippen LogP contribution >= 0.6 is 12.4 Å². The maximum Gasteiger partial charge on any atom is 0.272 e. The number of aromatic nitrogens is 2. The van der Waals surface area contributed by atoms with E-state index < -0.39 is 0 Å². The van der Waals surface area contributed by atoms with Crippen molar-refractivity contribution in [2.75, 3.05) is 26.8 Å². The Hall–Kier alpha value is -1.11.